The Balaban J connectivity index is 1.98. The van der Waals surface area contributed by atoms with Gasteiger partial charge in [0.1, 0.15) is 0 Å². The molecule has 0 bridgehead atoms. The van der Waals surface area contributed by atoms with Crippen molar-refractivity contribution in [3.05, 3.63) is 52.2 Å². The summed E-state index contributed by atoms with van der Waals surface area (Å²) in [4.78, 5) is 1.37. The summed E-state index contributed by atoms with van der Waals surface area (Å²) < 4.78 is 0. The van der Waals surface area contributed by atoms with Gasteiger partial charge < -0.3 is 5.32 Å². The Kier molecular flexibility index (Phi) is 3.41. The number of aryl methyl sites for hydroxylation is 1. The Morgan fingerprint density at radius 3 is 2.87 bits per heavy atom. The molecule has 1 aromatic heterocycles. The first-order chi connectivity index (χ1) is 7.38. The number of hydrogen-bond acceptors (Lipinski definition) is 2. The van der Waals surface area contributed by atoms with E-state index in [9.17, 15) is 0 Å². The molecule has 78 valence electrons. The summed E-state index contributed by atoms with van der Waals surface area (Å²) in [5, 5.41) is 5.54. The molecule has 0 spiro atoms. The molecule has 2 heteroatoms. The van der Waals surface area contributed by atoms with Crippen LogP contribution in [0.25, 0.3) is 0 Å². The first-order valence-corrected chi connectivity index (χ1v) is 6.11. The largest absolute Gasteiger partial charge is 0.380 e. The van der Waals surface area contributed by atoms with Crippen LogP contribution in [0, 0.1) is 0 Å². The zero-order chi connectivity index (χ0) is 10.5. The van der Waals surface area contributed by atoms with Gasteiger partial charge in [-0.25, -0.2) is 0 Å². The van der Waals surface area contributed by atoms with E-state index in [1.807, 2.05) is 0 Å². The molecule has 1 N–H and O–H groups in total. The van der Waals surface area contributed by atoms with E-state index in [0.717, 1.165) is 13.0 Å². The Bertz CT molecular complexity index is 406. The quantitative estimate of drug-likeness (QED) is 0.818. The van der Waals surface area contributed by atoms with E-state index in [1.165, 1.54) is 16.1 Å². The molecule has 0 amide bonds. The average Bonchev–Trinajstić information content (AvgIpc) is 2.79. The minimum atomic E-state index is 0.921. The highest BCUT2D eigenvalue weighted by atomic mass is 32.1. The van der Waals surface area contributed by atoms with Crippen LogP contribution < -0.4 is 5.32 Å². The molecule has 0 radical (unpaired) electrons. The maximum atomic E-state index is 3.43. The zero-order valence-corrected chi connectivity index (χ0v) is 9.68. The van der Waals surface area contributed by atoms with Crippen molar-refractivity contribution < 1.29 is 0 Å². The van der Waals surface area contributed by atoms with Crippen LogP contribution in [-0.2, 0) is 13.0 Å². The predicted molar refractivity (Wildman–Crippen MR) is 67.5 cm³/mol. The van der Waals surface area contributed by atoms with E-state index >= 15 is 0 Å². The van der Waals surface area contributed by atoms with Crippen molar-refractivity contribution in [3.8, 4) is 0 Å². The molecular formula is C13H15NS. The van der Waals surface area contributed by atoms with E-state index in [0.29, 0.717) is 0 Å². The van der Waals surface area contributed by atoms with Crippen molar-refractivity contribution >= 4 is 17.0 Å². The van der Waals surface area contributed by atoms with E-state index in [2.05, 4.69) is 54.0 Å². The van der Waals surface area contributed by atoms with Gasteiger partial charge in [-0.15, -0.1) is 11.3 Å². The fraction of sp³-hybridized carbons (Fsp3) is 0.231. The maximum Gasteiger partial charge on any atom is 0.0494 e. The van der Waals surface area contributed by atoms with Crippen LogP contribution in [0.15, 0.2) is 41.8 Å². The zero-order valence-electron chi connectivity index (χ0n) is 8.86. The van der Waals surface area contributed by atoms with E-state index in [1.54, 1.807) is 11.3 Å². The lowest BCUT2D eigenvalue weighted by molar-refractivity contribution is 1.13. The van der Waals surface area contributed by atoms with Gasteiger partial charge in [-0.2, -0.15) is 0 Å². The van der Waals surface area contributed by atoms with Crippen molar-refractivity contribution in [2.75, 3.05) is 5.32 Å². The molecule has 1 nitrogen and oxygen atoms in total. The van der Waals surface area contributed by atoms with Gasteiger partial charge in [0.05, 0.1) is 0 Å². The second kappa shape index (κ2) is 4.99. The molecule has 0 saturated heterocycles. The minimum Gasteiger partial charge on any atom is -0.380 e. The smallest absolute Gasteiger partial charge is 0.0494 e. The molecule has 0 aliphatic carbocycles. The summed E-state index contributed by atoms with van der Waals surface area (Å²) in [6, 6.07) is 12.8. The Morgan fingerprint density at radius 2 is 2.13 bits per heavy atom. The van der Waals surface area contributed by atoms with Gasteiger partial charge in [-0.05, 0) is 35.6 Å². The normalized spacial score (nSPS) is 10.2. The van der Waals surface area contributed by atoms with Crippen LogP contribution in [-0.4, -0.2) is 0 Å². The first-order valence-electron chi connectivity index (χ1n) is 5.23. The minimum absolute atomic E-state index is 0.921. The Labute approximate surface area is 94.8 Å². The third-order valence-electron chi connectivity index (χ3n) is 2.38. The highest BCUT2D eigenvalue weighted by Gasteiger charge is 1.95. The van der Waals surface area contributed by atoms with E-state index in [-0.39, 0.29) is 0 Å². The SMILES string of the molecule is CCc1cccc(NCc2cccs2)c1. The average molecular weight is 217 g/mol. The Hall–Kier alpha value is -1.28. The number of hydrogen-bond donors (Lipinski definition) is 1. The number of thiophene rings is 1. The molecule has 1 heterocycles. The third kappa shape index (κ3) is 2.83. The summed E-state index contributed by atoms with van der Waals surface area (Å²) in [5.41, 5.74) is 2.59. The standard InChI is InChI=1S/C13H15NS/c1-2-11-5-3-6-12(9-11)14-10-13-7-4-8-15-13/h3-9,14H,2,10H2,1H3. The summed E-state index contributed by atoms with van der Waals surface area (Å²) in [6.07, 6.45) is 1.09. The van der Waals surface area contributed by atoms with Gasteiger partial charge in [0.25, 0.3) is 0 Å². The van der Waals surface area contributed by atoms with Crippen molar-refractivity contribution in [1.29, 1.82) is 0 Å². The molecule has 0 atom stereocenters. The fourth-order valence-corrected chi connectivity index (χ4v) is 2.15. The highest BCUT2D eigenvalue weighted by molar-refractivity contribution is 7.09. The summed E-state index contributed by atoms with van der Waals surface area (Å²) in [6.45, 7) is 3.10. The number of rotatable bonds is 4. The molecule has 15 heavy (non-hydrogen) atoms. The van der Waals surface area contributed by atoms with Crippen molar-refractivity contribution in [1.82, 2.24) is 0 Å². The Morgan fingerprint density at radius 1 is 1.20 bits per heavy atom. The molecule has 1 aromatic carbocycles. The monoisotopic (exact) mass is 217 g/mol. The van der Waals surface area contributed by atoms with Gasteiger partial charge in [0.15, 0.2) is 0 Å². The maximum absolute atomic E-state index is 3.43. The molecule has 0 aliphatic heterocycles. The molecule has 0 aliphatic rings. The number of nitrogens with one attached hydrogen (secondary N) is 1. The van der Waals surface area contributed by atoms with Gasteiger partial charge >= 0.3 is 0 Å². The summed E-state index contributed by atoms with van der Waals surface area (Å²) >= 11 is 1.79. The van der Waals surface area contributed by atoms with E-state index in [4.69, 9.17) is 0 Å². The fourth-order valence-electron chi connectivity index (χ4n) is 1.50. The second-order valence-corrected chi connectivity index (χ2v) is 4.52. The van der Waals surface area contributed by atoms with Gasteiger partial charge in [0, 0.05) is 17.1 Å². The summed E-state index contributed by atoms with van der Waals surface area (Å²) in [7, 11) is 0. The lowest BCUT2D eigenvalue weighted by Gasteiger charge is -2.06. The summed E-state index contributed by atoms with van der Waals surface area (Å²) in [5.74, 6) is 0. The second-order valence-electron chi connectivity index (χ2n) is 3.49. The predicted octanol–water partition coefficient (Wildman–Crippen LogP) is 3.92. The topological polar surface area (TPSA) is 12.0 Å². The molecule has 0 fully saturated rings. The van der Waals surface area contributed by atoms with Crippen LogP contribution >= 0.6 is 11.3 Å². The molecule has 2 rings (SSSR count). The van der Waals surface area contributed by atoms with Crippen LogP contribution in [0.1, 0.15) is 17.4 Å². The number of anilines is 1. The molecular weight excluding hydrogens is 202 g/mol. The molecule has 0 unspecified atom stereocenters. The van der Waals surface area contributed by atoms with Crippen molar-refractivity contribution in [2.24, 2.45) is 0 Å². The van der Waals surface area contributed by atoms with Crippen LogP contribution in [0.3, 0.4) is 0 Å². The highest BCUT2D eigenvalue weighted by Crippen LogP contribution is 2.14. The van der Waals surface area contributed by atoms with Crippen LogP contribution in [0.5, 0.6) is 0 Å². The molecule has 2 aromatic rings. The molecule has 0 saturated carbocycles. The lowest BCUT2D eigenvalue weighted by atomic mass is 10.1. The first kappa shape index (κ1) is 10.2. The van der Waals surface area contributed by atoms with Crippen molar-refractivity contribution in [3.63, 3.8) is 0 Å². The van der Waals surface area contributed by atoms with Gasteiger partial charge in [0.2, 0.25) is 0 Å². The van der Waals surface area contributed by atoms with E-state index < -0.39 is 0 Å². The third-order valence-corrected chi connectivity index (χ3v) is 3.26. The van der Waals surface area contributed by atoms with Gasteiger partial charge in [-0.1, -0.05) is 25.1 Å². The van der Waals surface area contributed by atoms with Crippen molar-refractivity contribution in [2.45, 2.75) is 19.9 Å². The number of benzene rings is 1. The van der Waals surface area contributed by atoms with Gasteiger partial charge in [-0.3, -0.25) is 0 Å². The lowest BCUT2D eigenvalue weighted by Crippen LogP contribution is -1.97. The van der Waals surface area contributed by atoms with Crippen LogP contribution in [0.2, 0.25) is 0 Å². The van der Waals surface area contributed by atoms with Crippen LogP contribution in [0.4, 0.5) is 5.69 Å².